The van der Waals surface area contributed by atoms with Gasteiger partial charge in [-0.3, -0.25) is 4.79 Å². The predicted molar refractivity (Wildman–Crippen MR) is 92.7 cm³/mol. The summed E-state index contributed by atoms with van der Waals surface area (Å²) in [6.45, 7) is 2.02. The number of nitrogens with one attached hydrogen (secondary N) is 1. The summed E-state index contributed by atoms with van der Waals surface area (Å²) >= 11 is 6.06. The third-order valence-electron chi connectivity index (χ3n) is 3.61. The van der Waals surface area contributed by atoms with Crippen molar-refractivity contribution >= 4 is 23.2 Å². The van der Waals surface area contributed by atoms with Crippen LogP contribution in [0.2, 0.25) is 5.02 Å². The fraction of sp³-hybridized carbons (Fsp3) is 0.278. The van der Waals surface area contributed by atoms with Crippen LogP contribution in [0.4, 0.5) is 5.69 Å². The second-order valence-corrected chi connectivity index (χ2v) is 5.66. The molecule has 5 heteroatoms. The first-order valence-corrected chi connectivity index (χ1v) is 7.69. The molecule has 0 radical (unpaired) electrons. The SMILES string of the molecule is COc1cc(NC(=O)C[C@@H](C)c2ccccc2)c(OC)cc1Cl. The maximum atomic E-state index is 12.3. The lowest BCUT2D eigenvalue weighted by molar-refractivity contribution is -0.116. The third kappa shape index (κ3) is 4.39. The molecule has 23 heavy (non-hydrogen) atoms. The first-order valence-electron chi connectivity index (χ1n) is 7.31. The van der Waals surface area contributed by atoms with Crippen molar-refractivity contribution < 1.29 is 14.3 Å². The van der Waals surface area contributed by atoms with E-state index in [9.17, 15) is 4.79 Å². The molecule has 0 spiro atoms. The Bertz CT molecular complexity index is 673. The maximum absolute atomic E-state index is 12.3. The van der Waals surface area contributed by atoms with E-state index in [4.69, 9.17) is 21.1 Å². The van der Waals surface area contributed by atoms with Crippen LogP contribution in [0.5, 0.6) is 11.5 Å². The van der Waals surface area contributed by atoms with Gasteiger partial charge < -0.3 is 14.8 Å². The van der Waals surface area contributed by atoms with Gasteiger partial charge in [0.15, 0.2) is 0 Å². The fourth-order valence-electron chi connectivity index (χ4n) is 2.34. The van der Waals surface area contributed by atoms with Crippen LogP contribution in [0.3, 0.4) is 0 Å². The van der Waals surface area contributed by atoms with Crippen LogP contribution in [0.1, 0.15) is 24.8 Å². The molecule has 0 bridgehead atoms. The van der Waals surface area contributed by atoms with Gasteiger partial charge in [0.05, 0.1) is 24.9 Å². The Morgan fingerprint density at radius 1 is 1.13 bits per heavy atom. The molecule has 0 aliphatic heterocycles. The summed E-state index contributed by atoms with van der Waals surface area (Å²) in [7, 11) is 3.05. The molecule has 0 aliphatic rings. The minimum atomic E-state index is -0.0935. The molecule has 1 amide bonds. The Morgan fingerprint density at radius 3 is 2.39 bits per heavy atom. The number of carbonyl (C=O) groups excluding carboxylic acids is 1. The molecule has 0 heterocycles. The Kier molecular flexibility index (Phi) is 5.88. The van der Waals surface area contributed by atoms with E-state index in [0.29, 0.717) is 28.6 Å². The van der Waals surface area contributed by atoms with Crippen LogP contribution in [0.25, 0.3) is 0 Å². The number of carbonyl (C=O) groups is 1. The van der Waals surface area contributed by atoms with Crippen LogP contribution in [0.15, 0.2) is 42.5 Å². The number of methoxy groups -OCH3 is 2. The van der Waals surface area contributed by atoms with E-state index in [1.54, 1.807) is 12.1 Å². The van der Waals surface area contributed by atoms with Crippen LogP contribution in [-0.4, -0.2) is 20.1 Å². The lowest BCUT2D eigenvalue weighted by atomic mass is 9.97. The van der Waals surface area contributed by atoms with E-state index in [1.165, 1.54) is 14.2 Å². The van der Waals surface area contributed by atoms with Gasteiger partial charge in [0.25, 0.3) is 0 Å². The van der Waals surface area contributed by atoms with E-state index < -0.39 is 0 Å². The fourth-order valence-corrected chi connectivity index (χ4v) is 2.57. The zero-order valence-corrected chi connectivity index (χ0v) is 14.2. The summed E-state index contributed by atoms with van der Waals surface area (Å²) in [6, 6.07) is 13.2. The zero-order valence-electron chi connectivity index (χ0n) is 13.4. The zero-order chi connectivity index (χ0) is 16.8. The van der Waals surface area contributed by atoms with Crippen molar-refractivity contribution in [2.45, 2.75) is 19.3 Å². The average Bonchev–Trinajstić information content (AvgIpc) is 2.56. The van der Waals surface area contributed by atoms with E-state index in [-0.39, 0.29) is 11.8 Å². The number of anilines is 1. The molecule has 0 fully saturated rings. The molecule has 0 unspecified atom stereocenters. The first kappa shape index (κ1) is 17.2. The molecular formula is C18H20ClNO3. The van der Waals surface area contributed by atoms with Crippen molar-refractivity contribution in [2.75, 3.05) is 19.5 Å². The van der Waals surface area contributed by atoms with E-state index >= 15 is 0 Å². The Balaban J connectivity index is 2.11. The van der Waals surface area contributed by atoms with E-state index in [1.807, 2.05) is 37.3 Å². The molecule has 1 N–H and O–H groups in total. The quantitative estimate of drug-likeness (QED) is 0.847. The molecule has 4 nitrogen and oxygen atoms in total. The lowest BCUT2D eigenvalue weighted by Crippen LogP contribution is -2.15. The summed E-state index contributed by atoms with van der Waals surface area (Å²) in [4.78, 5) is 12.3. The van der Waals surface area contributed by atoms with Gasteiger partial charge >= 0.3 is 0 Å². The second-order valence-electron chi connectivity index (χ2n) is 5.25. The summed E-state index contributed by atoms with van der Waals surface area (Å²) < 4.78 is 10.4. The minimum Gasteiger partial charge on any atom is -0.495 e. The predicted octanol–water partition coefficient (Wildman–Crippen LogP) is 4.49. The van der Waals surface area contributed by atoms with Crippen molar-refractivity contribution in [3.63, 3.8) is 0 Å². The maximum Gasteiger partial charge on any atom is 0.225 e. The monoisotopic (exact) mass is 333 g/mol. The Hall–Kier alpha value is -2.20. The molecule has 2 aromatic rings. The molecule has 122 valence electrons. The number of ether oxygens (including phenoxy) is 2. The molecule has 1 atom stereocenters. The van der Waals surface area contributed by atoms with Gasteiger partial charge in [-0.1, -0.05) is 48.9 Å². The van der Waals surface area contributed by atoms with Crippen molar-refractivity contribution in [2.24, 2.45) is 0 Å². The van der Waals surface area contributed by atoms with Gasteiger partial charge in [0.2, 0.25) is 5.91 Å². The van der Waals surface area contributed by atoms with E-state index in [0.717, 1.165) is 5.56 Å². The molecule has 0 aromatic heterocycles. The Morgan fingerprint density at radius 2 is 1.78 bits per heavy atom. The van der Waals surface area contributed by atoms with Gasteiger partial charge in [-0.25, -0.2) is 0 Å². The van der Waals surface area contributed by atoms with E-state index in [2.05, 4.69) is 5.32 Å². The highest BCUT2D eigenvalue weighted by atomic mass is 35.5. The number of rotatable bonds is 6. The highest BCUT2D eigenvalue weighted by molar-refractivity contribution is 6.32. The molecule has 2 aromatic carbocycles. The number of halogens is 1. The largest absolute Gasteiger partial charge is 0.495 e. The number of hydrogen-bond acceptors (Lipinski definition) is 3. The van der Waals surface area contributed by atoms with Crippen molar-refractivity contribution in [1.82, 2.24) is 0 Å². The van der Waals surface area contributed by atoms with Crippen LogP contribution < -0.4 is 14.8 Å². The lowest BCUT2D eigenvalue weighted by Gasteiger charge is -2.15. The molecule has 0 saturated heterocycles. The standard InChI is InChI=1S/C18H20ClNO3/c1-12(13-7-5-4-6-8-13)9-18(21)20-15-11-16(22-2)14(19)10-17(15)23-3/h4-8,10-12H,9H2,1-3H3,(H,20,21)/t12-/m1/s1. The number of amides is 1. The van der Waals surface area contributed by atoms with Gasteiger partial charge in [0.1, 0.15) is 11.5 Å². The summed E-state index contributed by atoms with van der Waals surface area (Å²) in [5, 5.41) is 3.29. The molecule has 0 saturated carbocycles. The minimum absolute atomic E-state index is 0.0935. The summed E-state index contributed by atoms with van der Waals surface area (Å²) in [6.07, 6.45) is 0.373. The van der Waals surface area contributed by atoms with Crippen molar-refractivity contribution in [3.05, 3.63) is 53.1 Å². The normalized spacial score (nSPS) is 11.7. The van der Waals surface area contributed by atoms with Crippen molar-refractivity contribution in [1.29, 1.82) is 0 Å². The Labute approximate surface area is 141 Å². The molecular weight excluding hydrogens is 314 g/mol. The van der Waals surface area contributed by atoms with Gasteiger partial charge in [0, 0.05) is 18.6 Å². The second kappa shape index (κ2) is 7.88. The summed E-state index contributed by atoms with van der Waals surface area (Å²) in [5.41, 5.74) is 1.67. The third-order valence-corrected chi connectivity index (χ3v) is 3.90. The number of benzene rings is 2. The highest BCUT2D eigenvalue weighted by Crippen LogP contribution is 2.36. The molecule has 2 rings (SSSR count). The van der Waals surface area contributed by atoms with Crippen molar-refractivity contribution in [3.8, 4) is 11.5 Å². The van der Waals surface area contributed by atoms with Crippen LogP contribution >= 0.6 is 11.6 Å². The van der Waals surface area contributed by atoms with Gasteiger partial charge in [-0.05, 0) is 11.5 Å². The van der Waals surface area contributed by atoms with Gasteiger partial charge in [-0.15, -0.1) is 0 Å². The smallest absolute Gasteiger partial charge is 0.225 e. The summed E-state index contributed by atoms with van der Waals surface area (Å²) in [5.74, 6) is 1.01. The molecule has 0 aliphatic carbocycles. The number of hydrogen-bond donors (Lipinski definition) is 1. The van der Waals surface area contributed by atoms with Gasteiger partial charge in [-0.2, -0.15) is 0 Å². The van der Waals surface area contributed by atoms with Crippen LogP contribution in [-0.2, 0) is 4.79 Å². The van der Waals surface area contributed by atoms with Crippen LogP contribution in [0, 0.1) is 0 Å². The first-order chi connectivity index (χ1) is 11.0. The highest BCUT2D eigenvalue weighted by Gasteiger charge is 2.15. The average molecular weight is 334 g/mol. The topological polar surface area (TPSA) is 47.6 Å².